The molecule has 1 aliphatic heterocycles. The average molecular weight is 215 g/mol. The molecule has 0 radical (unpaired) electrons. The van der Waals surface area contributed by atoms with Gasteiger partial charge >= 0.3 is 12.1 Å². The highest BCUT2D eigenvalue weighted by Crippen LogP contribution is 2.13. The third-order valence-corrected chi connectivity index (χ3v) is 1.51. The summed E-state index contributed by atoms with van der Waals surface area (Å²) >= 11 is 0. The molecule has 4 nitrogen and oxygen atoms in total. The van der Waals surface area contributed by atoms with E-state index in [1.165, 1.54) is 0 Å². The third kappa shape index (κ3) is 5.76. The Balaban J connectivity index is 0.000000241. The first-order chi connectivity index (χ1) is 6.38. The number of rotatable bonds is 2. The van der Waals surface area contributed by atoms with Crippen molar-refractivity contribution in [1.29, 1.82) is 0 Å². The summed E-state index contributed by atoms with van der Waals surface area (Å²) in [7, 11) is 1.75. The zero-order chi connectivity index (χ0) is 11.2. The van der Waals surface area contributed by atoms with Crippen LogP contribution in [0.2, 0.25) is 0 Å². The molecule has 1 saturated heterocycles. The second-order valence-electron chi connectivity index (χ2n) is 2.78. The molecule has 0 spiro atoms. The van der Waals surface area contributed by atoms with E-state index < -0.39 is 12.1 Å². The van der Waals surface area contributed by atoms with E-state index in [-0.39, 0.29) is 0 Å². The van der Waals surface area contributed by atoms with E-state index in [0.29, 0.717) is 0 Å². The van der Waals surface area contributed by atoms with Gasteiger partial charge < -0.3 is 15.2 Å². The van der Waals surface area contributed by atoms with Crippen molar-refractivity contribution >= 4 is 5.97 Å². The number of hydrogen-bond donors (Lipinski definition) is 2. The molecule has 0 amide bonds. The topological polar surface area (TPSA) is 58.6 Å². The zero-order valence-corrected chi connectivity index (χ0v) is 7.60. The lowest BCUT2D eigenvalue weighted by atomic mass is 10.1. The van der Waals surface area contributed by atoms with E-state index in [9.17, 15) is 13.2 Å². The lowest BCUT2D eigenvalue weighted by molar-refractivity contribution is -0.192. The van der Waals surface area contributed by atoms with Gasteiger partial charge in [0.1, 0.15) is 0 Å². The van der Waals surface area contributed by atoms with Gasteiger partial charge in [-0.15, -0.1) is 0 Å². The van der Waals surface area contributed by atoms with Gasteiger partial charge in [0, 0.05) is 26.1 Å². The molecule has 1 heterocycles. The number of alkyl halides is 3. The molecular weight excluding hydrogens is 203 g/mol. The highest BCUT2D eigenvalue weighted by Gasteiger charge is 2.38. The van der Waals surface area contributed by atoms with Crippen LogP contribution in [0.1, 0.15) is 0 Å². The first-order valence-corrected chi connectivity index (χ1v) is 3.87. The maximum absolute atomic E-state index is 10.6. The molecule has 0 aliphatic carbocycles. The van der Waals surface area contributed by atoms with Crippen LogP contribution in [0.25, 0.3) is 0 Å². The lowest BCUT2D eigenvalue weighted by Gasteiger charge is -2.25. The number of nitrogens with one attached hydrogen (secondary N) is 1. The largest absolute Gasteiger partial charge is 0.490 e. The number of halogens is 3. The van der Waals surface area contributed by atoms with Gasteiger partial charge in [-0.1, -0.05) is 0 Å². The maximum Gasteiger partial charge on any atom is 0.490 e. The van der Waals surface area contributed by atoms with E-state index in [1.807, 2.05) is 0 Å². The molecule has 0 aromatic heterocycles. The van der Waals surface area contributed by atoms with E-state index in [4.69, 9.17) is 14.6 Å². The van der Waals surface area contributed by atoms with Crippen molar-refractivity contribution < 1.29 is 27.8 Å². The Kier molecular flexibility index (Phi) is 5.47. The fourth-order valence-corrected chi connectivity index (χ4v) is 0.702. The Labute approximate surface area is 79.0 Å². The minimum absolute atomic E-state index is 0.796. The number of carboxylic acid groups (broad SMARTS) is 1. The Morgan fingerprint density at radius 1 is 1.57 bits per heavy atom. The standard InChI is InChI=1S/C5H11NO.C2HF3O2/c1-7-4-5-2-6-3-5;3-2(4,5)1(6)7/h5-6H,2-4H2,1H3;(H,6,7). The van der Waals surface area contributed by atoms with Crippen LogP contribution in [-0.2, 0) is 9.53 Å². The summed E-state index contributed by atoms with van der Waals surface area (Å²) in [4.78, 5) is 8.90. The molecular formula is C7H12F3NO3. The van der Waals surface area contributed by atoms with Crippen molar-refractivity contribution in [3.8, 4) is 0 Å². The second-order valence-corrected chi connectivity index (χ2v) is 2.78. The monoisotopic (exact) mass is 215 g/mol. The van der Waals surface area contributed by atoms with Crippen molar-refractivity contribution in [2.75, 3.05) is 26.8 Å². The van der Waals surface area contributed by atoms with Gasteiger partial charge in [0.2, 0.25) is 0 Å². The van der Waals surface area contributed by atoms with E-state index in [2.05, 4.69) is 5.32 Å². The van der Waals surface area contributed by atoms with Crippen LogP contribution in [-0.4, -0.2) is 44.1 Å². The summed E-state index contributed by atoms with van der Waals surface area (Å²) in [5.41, 5.74) is 0. The Hall–Kier alpha value is -0.820. The van der Waals surface area contributed by atoms with E-state index >= 15 is 0 Å². The van der Waals surface area contributed by atoms with Crippen molar-refractivity contribution in [2.45, 2.75) is 6.18 Å². The molecule has 2 N–H and O–H groups in total. The predicted octanol–water partition coefficient (Wildman–Crippen LogP) is 0.486. The Bertz CT molecular complexity index is 180. The van der Waals surface area contributed by atoms with Gasteiger partial charge in [0.25, 0.3) is 0 Å². The fraction of sp³-hybridized carbons (Fsp3) is 0.857. The Morgan fingerprint density at radius 2 is 2.00 bits per heavy atom. The summed E-state index contributed by atoms with van der Waals surface area (Å²) in [5.74, 6) is -1.96. The van der Waals surface area contributed by atoms with Gasteiger partial charge in [-0.2, -0.15) is 13.2 Å². The summed E-state index contributed by atoms with van der Waals surface area (Å²) in [6.45, 7) is 3.22. The summed E-state index contributed by atoms with van der Waals surface area (Å²) in [5, 5.41) is 10.3. The van der Waals surface area contributed by atoms with E-state index in [0.717, 1.165) is 25.6 Å². The van der Waals surface area contributed by atoms with Crippen LogP contribution in [0.15, 0.2) is 0 Å². The first kappa shape index (κ1) is 13.2. The van der Waals surface area contributed by atoms with Crippen LogP contribution in [0.5, 0.6) is 0 Å². The Morgan fingerprint density at radius 3 is 2.07 bits per heavy atom. The van der Waals surface area contributed by atoms with Crippen molar-refractivity contribution in [2.24, 2.45) is 5.92 Å². The number of aliphatic carboxylic acids is 1. The van der Waals surface area contributed by atoms with Crippen LogP contribution in [0, 0.1) is 5.92 Å². The highest BCUT2D eigenvalue weighted by atomic mass is 19.4. The highest BCUT2D eigenvalue weighted by molar-refractivity contribution is 5.73. The van der Waals surface area contributed by atoms with Gasteiger partial charge in [-0.05, 0) is 0 Å². The van der Waals surface area contributed by atoms with Crippen molar-refractivity contribution in [1.82, 2.24) is 5.32 Å². The lowest BCUT2D eigenvalue weighted by Crippen LogP contribution is -2.44. The predicted molar refractivity (Wildman–Crippen MR) is 41.9 cm³/mol. The maximum atomic E-state index is 10.6. The average Bonchev–Trinajstić information content (AvgIpc) is 1.96. The van der Waals surface area contributed by atoms with Gasteiger partial charge in [-0.25, -0.2) is 4.79 Å². The second kappa shape index (κ2) is 5.82. The molecule has 84 valence electrons. The van der Waals surface area contributed by atoms with Crippen LogP contribution in [0.3, 0.4) is 0 Å². The summed E-state index contributed by atoms with van der Waals surface area (Å²) in [6.07, 6.45) is -5.08. The molecule has 7 heteroatoms. The molecule has 0 atom stereocenters. The number of hydrogen-bond acceptors (Lipinski definition) is 3. The number of carboxylic acids is 1. The third-order valence-electron chi connectivity index (χ3n) is 1.51. The van der Waals surface area contributed by atoms with Gasteiger partial charge in [0.15, 0.2) is 0 Å². The summed E-state index contributed by atoms with van der Waals surface area (Å²) < 4.78 is 36.6. The smallest absolute Gasteiger partial charge is 0.475 e. The molecule has 0 saturated carbocycles. The SMILES string of the molecule is COCC1CNC1.O=C(O)C(F)(F)F. The van der Waals surface area contributed by atoms with Gasteiger partial charge in [-0.3, -0.25) is 0 Å². The fourth-order valence-electron chi connectivity index (χ4n) is 0.702. The number of ether oxygens (including phenoxy) is 1. The molecule has 0 bridgehead atoms. The summed E-state index contributed by atoms with van der Waals surface area (Å²) in [6, 6.07) is 0. The molecule has 1 rings (SSSR count). The molecule has 0 aromatic carbocycles. The van der Waals surface area contributed by atoms with Crippen LogP contribution >= 0.6 is 0 Å². The molecule has 14 heavy (non-hydrogen) atoms. The first-order valence-electron chi connectivity index (χ1n) is 3.87. The zero-order valence-electron chi connectivity index (χ0n) is 7.60. The molecule has 1 fully saturated rings. The quantitative estimate of drug-likeness (QED) is 0.703. The molecule has 0 aromatic rings. The van der Waals surface area contributed by atoms with Gasteiger partial charge in [0.05, 0.1) is 6.61 Å². The minimum atomic E-state index is -5.08. The minimum Gasteiger partial charge on any atom is -0.475 e. The van der Waals surface area contributed by atoms with Crippen LogP contribution < -0.4 is 5.32 Å². The van der Waals surface area contributed by atoms with Crippen molar-refractivity contribution in [3.63, 3.8) is 0 Å². The van der Waals surface area contributed by atoms with E-state index in [1.54, 1.807) is 7.11 Å². The normalized spacial score (nSPS) is 16.6. The van der Waals surface area contributed by atoms with Crippen molar-refractivity contribution in [3.05, 3.63) is 0 Å². The number of methoxy groups -OCH3 is 1. The molecule has 1 aliphatic rings. The van der Waals surface area contributed by atoms with Crippen LogP contribution in [0.4, 0.5) is 13.2 Å². The number of carbonyl (C=O) groups is 1. The molecule has 0 unspecified atom stereocenters.